The lowest BCUT2D eigenvalue weighted by Gasteiger charge is -2.18. The number of carbonyl (C=O) groups is 1. The Kier molecular flexibility index (Phi) is 5.90. The second-order valence-electron chi connectivity index (χ2n) is 5.89. The van der Waals surface area contributed by atoms with Crippen molar-refractivity contribution in [3.05, 3.63) is 48.5 Å². The Labute approximate surface area is 162 Å². The van der Waals surface area contributed by atoms with Crippen molar-refractivity contribution >= 4 is 32.7 Å². The van der Waals surface area contributed by atoms with Crippen LogP contribution >= 0.6 is 0 Å². The summed E-state index contributed by atoms with van der Waals surface area (Å²) < 4.78 is 26.8. The van der Waals surface area contributed by atoms with Crippen LogP contribution in [0.2, 0.25) is 0 Å². The SMILES string of the molecule is CCN(CC)S(=O)(=O)c1ccc2nnn(OCC(=O)Nc3ccccc3)c2c1. The van der Waals surface area contributed by atoms with E-state index in [9.17, 15) is 13.2 Å². The molecule has 2 aromatic carbocycles. The van der Waals surface area contributed by atoms with E-state index in [1.807, 2.05) is 6.07 Å². The highest BCUT2D eigenvalue weighted by Crippen LogP contribution is 2.20. The first-order valence-electron chi connectivity index (χ1n) is 8.79. The maximum absolute atomic E-state index is 12.7. The van der Waals surface area contributed by atoms with Gasteiger partial charge in [-0.1, -0.05) is 36.9 Å². The Morgan fingerprint density at radius 2 is 1.86 bits per heavy atom. The maximum atomic E-state index is 12.7. The number of benzene rings is 2. The third kappa shape index (κ3) is 4.12. The summed E-state index contributed by atoms with van der Waals surface area (Å²) in [5.74, 6) is -0.373. The molecule has 0 unspecified atom stereocenters. The van der Waals surface area contributed by atoms with Crippen LogP contribution in [0.15, 0.2) is 53.4 Å². The molecule has 10 heteroatoms. The third-order valence-electron chi connectivity index (χ3n) is 4.11. The van der Waals surface area contributed by atoms with Crippen LogP contribution in [0.3, 0.4) is 0 Å². The lowest BCUT2D eigenvalue weighted by molar-refractivity contribution is -0.121. The number of nitrogens with zero attached hydrogens (tertiary/aromatic N) is 4. The smallest absolute Gasteiger partial charge is 0.265 e. The molecule has 0 fully saturated rings. The highest BCUT2D eigenvalue weighted by atomic mass is 32.2. The molecule has 1 aromatic heterocycles. The van der Waals surface area contributed by atoms with Gasteiger partial charge in [0.05, 0.1) is 4.90 Å². The van der Waals surface area contributed by atoms with Crippen molar-refractivity contribution in [1.82, 2.24) is 19.5 Å². The van der Waals surface area contributed by atoms with Gasteiger partial charge in [-0.25, -0.2) is 8.42 Å². The van der Waals surface area contributed by atoms with Crippen LogP contribution in [0.1, 0.15) is 13.8 Å². The Balaban J connectivity index is 1.78. The number of carbonyl (C=O) groups excluding carboxylic acids is 1. The Morgan fingerprint density at radius 3 is 2.54 bits per heavy atom. The normalized spacial score (nSPS) is 11.7. The van der Waals surface area contributed by atoms with Crippen LogP contribution < -0.4 is 10.2 Å². The van der Waals surface area contributed by atoms with Crippen molar-refractivity contribution in [3.8, 4) is 0 Å². The van der Waals surface area contributed by atoms with Gasteiger partial charge in [0.2, 0.25) is 10.0 Å². The fourth-order valence-corrected chi connectivity index (χ4v) is 4.16. The first kappa shape index (κ1) is 19.8. The molecule has 148 valence electrons. The fraction of sp³-hybridized carbons (Fsp3) is 0.278. The number of amides is 1. The topological polar surface area (TPSA) is 106 Å². The van der Waals surface area contributed by atoms with E-state index in [1.54, 1.807) is 44.2 Å². The zero-order valence-corrected chi connectivity index (χ0v) is 16.4. The molecule has 0 atom stereocenters. The molecule has 1 heterocycles. The minimum Gasteiger partial charge on any atom is -0.385 e. The van der Waals surface area contributed by atoms with Gasteiger partial charge in [-0.15, -0.1) is 5.10 Å². The van der Waals surface area contributed by atoms with Gasteiger partial charge in [-0.05, 0) is 35.5 Å². The van der Waals surface area contributed by atoms with Gasteiger partial charge in [-0.2, -0.15) is 4.31 Å². The van der Waals surface area contributed by atoms with Gasteiger partial charge in [-0.3, -0.25) is 4.79 Å². The van der Waals surface area contributed by atoms with E-state index in [4.69, 9.17) is 4.84 Å². The van der Waals surface area contributed by atoms with E-state index in [2.05, 4.69) is 15.6 Å². The second kappa shape index (κ2) is 8.36. The molecule has 0 radical (unpaired) electrons. The summed E-state index contributed by atoms with van der Waals surface area (Å²) in [7, 11) is -3.63. The quantitative estimate of drug-likeness (QED) is 0.611. The van der Waals surface area contributed by atoms with E-state index in [-0.39, 0.29) is 17.4 Å². The molecule has 3 aromatic rings. The Hall–Kier alpha value is -2.98. The maximum Gasteiger partial charge on any atom is 0.265 e. The number of sulfonamides is 1. The molecule has 0 saturated heterocycles. The molecule has 1 amide bonds. The molecular weight excluding hydrogens is 382 g/mol. The highest BCUT2D eigenvalue weighted by molar-refractivity contribution is 7.89. The largest absolute Gasteiger partial charge is 0.385 e. The van der Waals surface area contributed by atoms with Crippen LogP contribution in [0.5, 0.6) is 0 Å². The van der Waals surface area contributed by atoms with Crippen molar-refractivity contribution in [2.75, 3.05) is 25.0 Å². The average molecular weight is 403 g/mol. The number of para-hydroxylation sites is 1. The van der Waals surface area contributed by atoms with Crippen molar-refractivity contribution < 1.29 is 18.0 Å². The van der Waals surface area contributed by atoms with Crippen LogP contribution in [-0.4, -0.2) is 53.5 Å². The summed E-state index contributed by atoms with van der Waals surface area (Å²) >= 11 is 0. The molecule has 1 N–H and O–H groups in total. The van der Waals surface area contributed by atoms with Gasteiger partial charge in [0, 0.05) is 18.8 Å². The molecule has 0 aliphatic rings. The third-order valence-corrected chi connectivity index (χ3v) is 6.15. The second-order valence-corrected chi connectivity index (χ2v) is 7.83. The number of rotatable bonds is 8. The monoisotopic (exact) mass is 403 g/mol. The van der Waals surface area contributed by atoms with E-state index in [0.717, 1.165) is 4.85 Å². The zero-order chi connectivity index (χ0) is 20.1. The number of aromatic nitrogens is 3. The summed E-state index contributed by atoms with van der Waals surface area (Å²) in [6.07, 6.45) is 0. The average Bonchev–Trinajstić information content (AvgIpc) is 3.10. The summed E-state index contributed by atoms with van der Waals surface area (Å²) in [6.45, 7) is 3.98. The van der Waals surface area contributed by atoms with E-state index < -0.39 is 10.0 Å². The molecule has 0 spiro atoms. The molecule has 28 heavy (non-hydrogen) atoms. The van der Waals surface area contributed by atoms with Crippen LogP contribution in [-0.2, 0) is 14.8 Å². The molecule has 9 nitrogen and oxygen atoms in total. The molecule has 0 saturated carbocycles. The Bertz CT molecular complexity index is 1060. The molecule has 3 rings (SSSR count). The van der Waals surface area contributed by atoms with Crippen LogP contribution in [0, 0.1) is 0 Å². The number of hydrogen-bond donors (Lipinski definition) is 1. The van der Waals surface area contributed by atoms with E-state index >= 15 is 0 Å². The number of nitrogens with one attached hydrogen (secondary N) is 1. The molecular formula is C18H21N5O4S. The van der Waals surface area contributed by atoms with E-state index in [0.29, 0.717) is 29.8 Å². The number of hydrogen-bond acceptors (Lipinski definition) is 6. The first-order chi connectivity index (χ1) is 13.5. The predicted octanol–water partition coefficient (Wildman–Crippen LogP) is 1.53. The minimum atomic E-state index is -3.63. The van der Waals surface area contributed by atoms with Crippen LogP contribution in [0.4, 0.5) is 5.69 Å². The lowest BCUT2D eigenvalue weighted by Crippen LogP contribution is -2.30. The summed E-state index contributed by atoms with van der Waals surface area (Å²) in [5.41, 5.74) is 1.47. The summed E-state index contributed by atoms with van der Waals surface area (Å²) in [5, 5.41) is 10.5. The summed E-state index contributed by atoms with van der Waals surface area (Å²) in [6, 6.07) is 13.5. The first-order valence-corrected chi connectivity index (χ1v) is 10.2. The highest BCUT2D eigenvalue weighted by Gasteiger charge is 2.23. The Morgan fingerprint density at radius 1 is 1.14 bits per heavy atom. The molecule has 0 bridgehead atoms. The van der Waals surface area contributed by atoms with Gasteiger partial charge in [0.15, 0.2) is 6.61 Å². The lowest BCUT2D eigenvalue weighted by atomic mass is 10.3. The van der Waals surface area contributed by atoms with Gasteiger partial charge < -0.3 is 10.2 Å². The minimum absolute atomic E-state index is 0.115. The molecule has 0 aliphatic heterocycles. The van der Waals surface area contributed by atoms with Crippen molar-refractivity contribution in [2.24, 2.45) is 0 Å². The molecule has 0 aliphatic carbocycles. The fourth-order valence-electron chi connectivity index (χ4n) is 2.68. The number of fused-ring (bicyclic) bond motifs is 1. The van der Waals surface area contributed by atoms with Crippen molar-refractivity contribution in [2.45, 2.75) is 18.7 Å². The predicted molar refractivity (Wildman–Crippen MR) is 104 cm³/mol. The van der Waals surface area contributed by atoms with Crippen LogP contribution in [0.25, 0.3) is 11.0 Å². The number of anilines is 1. The zero-order valence-electron chi connectivity index (χ0n) is 15.6. The standard InChI is InChI=1S/C18H21N5O4S/c1-3-22(4-2)28(25,26)15-10-11-16-17(12-15)23(21-20-16)27-13-18(24)19-14-8-6-5-7-9-14/h5-12H,3-4,13H2,1-2H3,(H,19,24). The van der Waals surface area contributed by atoms with Gasteiger partial charge in [0.1, 0.15) is 11.0 Å². The van der Waals surface area contributed by atoms with Gasteiger partial charge >= 0.3 is 0 Å². The van der Waals surface area contributed by atoms with Crippen molar-refractivity contribution in [3.63, 3.8) is 0 Å². The summed E-state index contributed by atoms with van der Waals surface area (Å²) in [4.78, 5) is 18.6. The van der Waals surface area contributed by atoms with Gasteiger partial charge in [0.25, 0.3) is 5.91 Å². The van der Waals surface area contributed by atoms with Crippen molar-refractivity contribution in [1.29, 1.82) is 0 Å². The van der Waals surface area contributed by atoms with E-state index in [1.165, 1.54) is 16.4 Å².